The highest BCUT2D eigenvalue weighted by atomic mass is 32.2. The van der Waals surface area contributed by atoms with Gasteiger partial charge in [0.2, 0.25) is 5.89 Å². The summed E-state index contributed by atoms with van der Waals surface area (Å²) in [4.78, 5) is 19.2. The van der Waals surface area contributed by atoms with Crippen molar-refractivity contribution in [3.63, 3.8) is 0 Å². The van der Waals surface area contributed by atoms with Gasteiger partial charge < -0.3 is 9.32 Å². The van der Waals surface area contributed by atoms with E-state index in [9.17, 15) is 22.0 Å². The number of rotatable bonds is 7. The van der Waals surface area contributed by atoms with Crippen LogP contribution in [0.2, 0.25) is 0 Å². The third-order valence-electron chi connectivity index (χ3n) is 8.12. The van der Waals surface area contributed by atoms with Crippen LogP contribution in [0.5, 0.6) is 0 Å². The molecule has 5 rings (SSSR count). The third-order valence-corrected chi connectivity index (χ3v) is 8.89. The lowest BCUT2D eigenvalue weighted by Gasteiger charge is -2.41. The molecule has 2 aliphatic rings. The lowest BCUT2D eigenvalue weighted by Crippen LogP contribution is -2.48. The first-order valence-electron chi connectivity index (χ1n) is 12.1. The van der Waals surface area contributed by atoms with Crippen LogP contribution in [0.25, 0.3) is 11.3 Å². The minimum atomic E-state index is -3.36. The van der Waals surface area contributed by atoms with E-state index in [1.807, 2.05) is 6.92 Å². The Hall–Kier alpha value is -3.21. The summed E-state index contributed by atoms with van der Waals surface area (Å²) in [7, 11) is -3.36. The quantitative estimate of drug-likeness (QED) is 0.449. The summed E-state index contributed by atoms with van der Waals surface area (Å²) < 4.78 is 57.3. The summed E-state index contributed by atoms with van der Waals surface area (Å²) in [6, 6.07) is 5.44. The Kier molecular flexibility index (Phi) is 5.97. The van der Waals surface area contributed by atoms with Crippen LogP contribution in [0.4, 0.5) is 8.78 Å². The molecular weight excluding hydrogens is 502 g/mol. The molecule has 196 valence electrons. The number of nitrogens with zero attached hydrogens (tertiary/aromatic N) is 4. The highest BCUT2D eigenvalue weighted by Gasteiger charge is 2.64. The van der Waals surface area contributed by atoms with E-state index < -0.39 is 26.9 Å². The zero-order valence-corrected chi connectivity index (χ0v) is 21.9. The summed E-state index contributed by atoms with van der Waals surface area (Å²) in [5, 5.41) is 8.74. The second-order valence-corrected chi connectivity index (χ2v) is 12.7. The molecule has 8 nitrogen and oxygen atoms in total. The molecule has 11 heteroatoms. The van der Waals surface area contributed by atoms with Crippen molar-refractivity contribution in [1.29, 1.82) is 0 Å². The van der Waals surface area contributed by atoms with Crippen molar-refractivity contribution in [1.82, 2.24) is 20.1 Å². The molecule has 37 heavy (non-hydrogen) atoms. The Morgan fingerprint density at radius 3 is 2.57 bits per heavy atom. The van der Waals surface area contributed by atoms with Crippen molar-refractivity contribution < 1.29 is 26.4 Å². The van der Waals surface area contributed by atoms with Crippen molar-refractivity contribution in [2.45, 2.75) is 50.7 Å². The van der Waals surface area contributed by atoms with Crippen molar-refractivity contribution in [2.24, 2.45) is 5.41 Å². The van der Waals surface area contributed by atoms with Crippen LogP contribution >= 0.6 is 0 Å². The summed E-state index contributed by atoms with van der Waals surface area (Å²) in [6.45, 7) is 6.85. The SMILES string of the molecule is CCN(C[C@@]12CC[C@@H](c3cc(-c4c(F)cccc4F)nnc31)C2(C)C)C(=O)c1coc(CS(C)(=O)=O)n1. The fraction of sp³-hybridized carbons (Fsp3) is 0.462. The van der Waals surface area contributed by atoms with E-state index in [-0.39, 0.29) is 45.8 Å². The largest absolute Gasteiger partial charge is 0.447 e. The van der Waals surface area contributed by atoms with Gasteiger partial charge in [0, 0.05) is 24.8 Å². The van der Waals surface area contributed by atoms with E-state index >= 15 is 0 Å². The van der Waals surface area contributed by atoms with Crippen molar-refractivity contribution >= 4 is 15.7 Å². The summed E-state index contributed by atoms with van der Waals surface area (Å²) in [5.41, 5.74) is 0.833. The topological polar surface area (TPSA) is 106 Å². The molecule has 0 saturated heterocycles. The molecule has 2 atom stereocenters. The van der Waals surface area contributed by atoms with Crippen LogP contribution in [-0.2, 0) is 21.0 Å². The van der Waals surface area contributed by atoms with Crippen LogP contribution in [-0.4, -0.2) is 53.8 Å². The Morgan fingerprint density at radius 2 is 1.92 bits per heavy atom. The van der Waals surface area contributed by atoms with E-state index in [4.69, 9.17) is 4.42 Å². The number of hydrogen-bond donors (Lipinski definition) is 0. The molecular formula is C26H28F2N4O4S. The van der Waals surface area contributed by atoms with E-state index in [1.165, 1.54) is 24.5 Å². The number of benzene rings is 1. The zero-order valence-electron chi connectivity index (χ0n) is 21.1. The van der Waals surface area contributed by atoms with Gasteiger partial charge in [-0.2, -0.15) is 10.2 Å². The van der Waals surface area contributed by atoms with Crippen LogP contribution < -0.4 is 0 Å². The van der Waals surface area contributed by atoms with Gasteiger partial charge in [0.15, 0.2) is 15.5 Å². The lowest BCUT2D eigenvalue weighted by molar-refractivity contribution is 0.0646. The van der Waals surface area contributed by atoms with Gasteiger partial charge in [-0.1, -0.05) is 19.9 Å². The van der Waals surface area contributed by atoms with Gasteiger partial charge in [-0.05, 0) is 54.9 Å². The first kappa shape index (κ1) is 25.4. The molecule has 0 aliphatic heterocycles. The molecule has 0 unspecified atom stereocenters. The number of carbonyl (C=O) groups excluding carboxylic acids is 1. The number of aromatic nitrogens is 3. The standard InChI is InChI=1S/C26H28F2N4O4S/c1-5-32(24(33)20-12-36-21(29-20)13-37(4,34)35)14-26-10-9-16(25(26,2)3)15-11-19(30-31-23(15)26)22-17(27)7-6-8-18(22)28/h6-8,11-12,16H,5,9-10,13-14H2,1-4H3/t16-,26-/m0/s1. The maximum Gasteiger partial charge on any atom is 0.275 e. The molecule has 1 aromatic carbocycles. The monoisotopic (exact) mass is 530 g/mol. The number of fused-ring (bicyclic) bond motifs is 5. The molecule has 1 fully saturated rings. The van der Waals surface area contributed by atoms with Crippen molar-refractivity contribution in [2.75, 3.05) is 19.3 Å². The minimum Gasteiger partial charge on any atom is -0.447 e. The maximum absolute atomic E-state index is 14.5. The highest BCUT2D eigenvalue weighted by Crippen LogP contribution is 2.67. The van der Waals surface area contributed by atoms with Gasteiger partial charge in [-0.25, -0.2) is 22.2 Å². The fourth-order valence-corrected chi connectivity index (χ4v) is 6.74. The van der Waals surface area contributed by atoms with Crippen molar-refractivity contribution in [3.05, 3.63) is 65.0 Å². The average molecular weight is 531 g/mol. The van der Waals surface area contributed by atoms with Crippen molar-refractivity contribution in [3.8, 4) is 11.3 Å². The van der Waals surface area contributed by atoms with Crippen LogP contribution in [0, 0.1) is 17.0 Å². The Labute approximate surface area is 214 Å². The molecule has 1 amide bonds. The molecule has 2 aromatic heterocycles. The first-order valence-corrected chi connectivity index (χ1v) is 14.2. The molecule has 2 heterocycles. The second kappa shape index (κ2) is 8.68. The third kappa shape index (κ3) is 4.03. The number of oxazole rings is 1. The first-order chi connectivity index (χ1) is 17.4. The smallest absolute Gasteiger partial charge is 0.275 e. The molecule has 1 saturated carbocycles. The number of halogens is 2. The number of hydrogen-bond acceptors (Lipinski definition) is 7. The van der Waals surface area contributed by atoms with Crippen LogP contribution in [0.1, 0.15) is 67.2 Å². The minimum absolute atomic E-state index is 0.0358. The average Bonchev–Trinajstić information content (AvgIpc) is 3.43. The molecule has 3 aromatic rings. The van der Waals surface area contributed by atoms with E-state index in [0.29, 0.717) is 13.1 Å². The normalized spacial score (nSPS) is 21.7. The van der Waals surface area contributed by atoms with Gasteiger partial charge in [0.25, 0.3) is 5.91 Å². The Balaban J connectivity index is 1.49. The number of carbonyl (C=O) groups is 1. The lowest BCUT2D eigenvalue weighted by atomic mass is 9.68. The molecule has 0 spiro atoms. The van der Waals surface area contributed by atoms with E-state index in [1.54, 1.807) is 11.0 Å². The molecule has 2 bridgehead atoms. The maximum atomic E-state index is 14.5. The van der Waals surface area contributed by atoms with E-state index in [2.05, 4.69) is 29.0 Å². The second-order valence-electron chi connectivity index (χ2n) is 10.5. The van der Waals surface area contributed by atoms with Gasteiger partial charge >= 0.3 is 0 Å². The Bertz CT molecular complexity index is 1480. The summed E-state index contributed by atoms with van der Waals surface area (Å²) in [6.07, 6.45) is 3.88. The summed E-state index contributed by atoms with van der Waals surface area (Å²) >= 11 is 0. The van der Waals surface area contributed by atoms with Crippen LogP contribution in [0.15, 0.2) is 34.9 Å². The predicted octanol–water partition coefficient (Wildman–Crippen LogP) is 4.27. The number of likely N-dealkylation sites (N-methyl/N-ethyl adjacent to an activating group) is 1. The highest BCUT2D eigenvalue weighted by molar-refractivity contribution is 7.89. The molecule has 0 radical (unpaired) electrons. The molecule has 0 N–H and O–H groups in total. The molecule has 2 aliphatic carbocycles. The zero-order chi connectivity index (χ0) is 26.8. The van der Waals surface area contributed by atoms with Gasteiger partial charge in [-0.3, -0.25) is 4.79 Å². The number of sulfone groups is 1. The van der Waals surface area contributed by atoms with E-state index in [0.717, 1.165) is 30.4 Å². The Morgan fingerprint density at radius 1 is 1.22 bits per heavy atom. The van der Waals surface area contributed by atoms with Gasteiger partial charge in [0.1, 0.15) is 23.7 Å². The summed E-state index contributed by atoms with van der Waals surface area (Å²) in [5.74, 6) is -2.10. The van der Waals surface area contributed by atoms with Gasteiger partial charge in [-0.15, -0.1) is 0 Å². The van der Waals surface area contributed by atoms with Gasteiger partial charge in [0.05, 0.1) is 17.0 Å². The van der Waals surface area contributed by atoms with Crippen LogP contribution in [0.3, 0.4) is 0 Å². The number of amides is 1. The predicted molar refractivity (Wildman–Crippen MR) is 131 cm³/mol. The fourth-order valence-electron chi connectivity index (χ4n) is 6.16.